The van der Waals surface area contributed by atoms with Gasteiger partial charge in [0.2, 0.25) is 0 Å². The third-order valence-electron chi connectivity index (χ3n) is 3.56. The Kier molecular flexibility index (Phi) is 5.37. The molecule has 1 aliphatic carbocycles. The van der Waals surface area contributed by atoms with Gasteiger partial charge < -0.3 is 15.3 Å². The van der Waals surface area contributed by atoms with Crippen LogP contribution in [0.2, 0.25) is 0 Å². The molecule has 0 saturated carbocycles. The quantitative estimate of drug-likeness (QED) is 0.757. The van der Waals surface area contributed by atoms with Gasteiger partial charge in [0, 0.05) is 11.4 Å². The van der Waals surface area contributed by atoms with Crippen LogP contribution in [0.1, 0.15) is 42.2 Å². The highest BCUT2D eigenvalue weighted by molar-refractivity contribution is 7.15. The normalized spacial score (nSPS) is 18.1. The summed E-state index contributed by atoms with van der Waals surface area (Å²) in [6.45, 7) is 2.00. The molecule has 0 spiro atoms. The van der Waals surface area contributed by atoms with Crippen LogP contribution in [0.3, 0.4) is 0 Å². The number of carboxylic acid groups (broad SMARTS) is 1. The molecule has 0 aliphatic heterocycles. The number of fused-ring (bicyclic) bond motifs is 1. The maximum Gasteiger partial charge on any atom is 0.312 e. The molecule has 2 rings (SSSR count). The summed E-state index contributed by atoms with van der Waals surface area (Å²) in [7, 11) is 4.16. The summed E-state index contributed by atoms with van der Waals surface area (Å²) in [6, 6.07) is 0. The first-order chi connectivity index (χ1) is 9.58. The number of nitrogens with one attached hydrogen (secondary N) is 1. The first-order valence-corrected chi connectivity index (χ1v) is 8.00. The topological polar surface area (TPSA) is 65.5 Å². The van der Waals surface area contributed by atoms with E-state index in [-0.39, 0.29) is 0 Å². The first kappa shape index (κ1) is 15.3. The first-order valence-electron chi connectivity index (χ1n) is 7.19. The van der Waals surface area contributed by atoms with Gasteiger partial charge in [-0.25, -0.2) is 4.98 Å². The van der Waals surface area contributed by atoms with Crippen LogP contribution in [0.5, 0.6) is 0 Å². The molecular weight excluding hydrogens is 274 g/mol. The Balaban J connectivity index is 1.86. The van der Waals surface area contributed by atoms with E-state index in [0.717, 1.165) is 54.5 Å². The Morgan fingerprint density at radius 3 is 3.00 bits per heavy atom. The molecule has 1 unspecified atom stereocenters. The van der Waals surface area contributed by atoms with Crippen LogP contribution >= 0.6 is 11.3 Å². The van der Waals surface area contributed by atoms with E-state index in [2.05, 4.69) is 29.3 Å². The molecule has 5 nitrogen and oxygen atoms in total. The van der Waals surface area contributed by atoms with Crippen molar-refractivity contribution in [2.24, 2.45) is 0 Å². The Labute approximate surface area is 124 Å². The summed E-state index contributed by atoms with van der Waals surface area (Å²) in [6.07, 6.45) is 4.90. The number of aryl methyl sites for hydroxylation is 1. The zero-order valence-corrected chi connectivity index (χ0v) is 13.0. The molecule has 0 aromatic carbocycles. The number of carbonyl (C=O) groups is 1. The van der Waals surface area contributed by atoms with E-state index in [0.29, 0.717) is 6.42 Å². The Bertz CT molecular complexity index is 459. The van der Waals surface area contributed by atoms with Crippen LogP contribution in [0.15, 0.2) is 0 Å². The zero-order valence-electron chi connectivity index (χ0n) is 12.2. The van der Waals surface area contributed by atoms with E-state index < -0.39 is 11.9 Å². The molecule has 1 aliphatic rings. The molecule has 1 aromatic rings. The van der Waals surface area contributed by atoms with E-state index >= 15 is 0 Å². The van der Waals surface area contributed by atoms with Gasteiger partial charge in [-0.2, -0.15) is 0 Å². The number of thiazole rings is 1. The second-order valence-electron chi connectivity index (χ2n) is 5.55. The molecule has 0 amide bonds. The van der Waals surface area contributed by atoms with Gasteiger partial charge in [-0.05, 0) is 52.7 Å². The molecule has 6 heteroatoms. The average Bonchev–Trinajstić information content (AvgIpc) is 2.80. The van der Waals surface area contributed by atoms with Crippen LogP contribution < -0.4 is 5.32 Å². The van der Waals surface area contributed by atoms with Crippen molar-refractivity contribution in [2.45, 2.75) is 38.0 Å². The second-order valence-corrected chi connectivity index (χ2v) is 6.63. The molecule has 2 N–H and O–H groups in total. The molecule has 1 heterocycles. The van der Waals surface area contributed by atoms with Crippen LogP contribution in [0.25, 0.3) is 0 Å². The number of hydrogen-bond donors (Lipinski definition) is 2. The van der Waals surface area contributed by atoms with E-state index in [1.54, 1.807) is 11.3 Å². The maximum atomic E-state index is 11.2. The smallest absolute Gasteiger partial charge is 0.312 e. The molecule has 0 fully saturated rings. The SMILES string of the molecule is CN(C)CCCCNc1nc2c(s1)CCCC2C(=O)O. The summed E-state index contributed by atoms with van der Waals surface area (Å²) in [4.78, 5) is 19.1. The van der Waals surface area contributed by atoms with Crippen LogP contribution in [-0.4, -0.2) is 48.1 Å². The van der Waals surface area contributed by atoms with Crippen molar-refractivity contribution >= 4 is 22.4 Å². The average molecular weight is 297 g/mol. The minimum absolute atomic E-state index is 0.403. The fourth-order valence-corrected chi connectivity index (χ4v) is 3.57. The van der Waals surface area contributed by atoms with Gasteiger partial charge in [-0.15, -0.1) is 11.3 Å². The summed E-state index contributed by atoms with van der Waals surface area (Å²) in [5, 5.41) is 13.4. The molecule has 0 radical (unpaired) electrons. The number of unbranched alkanes of at least 4 members (excludes halogenated alkanes) is 1. The minimum atomic E-state index is -0.742. The van der Waals surface area contributed by atoms with Crippen molar-refractivity contribution in [3.05, 3.63) is 10.6 Å². The Morgan fingerprint density at radius 1 is 1.50 bits per heavy atom. The van der Waals surface area contributed by atoms with E-state index in [1.807, 2.05) is 0 Å². The summed E-state index contributed by atoms with van der Waals surface area (Å²) in [5.74, 6) is -1.15. The number of rotatable bonds is 7. The van der Waals surface area contributed by atoms with E-state index in [9.17, 15) is 9.90 Å². The third-order valence-corrected chi connectivity index (χ3v) is 4.65. The maximum absolute atomic E-state index is 11.2. The lowest BCUT2D eigenvalue weighted by Gasteiger charge is -2.16. The lowest BCUT2D eigenvalue weighted by atomic mass is 9.91. The van der Waals surface area contributed by atoms with Gasteiger partial charge in [0.25, 0.3) is 0 Å². The summed E-state index contributed by atoms with van der Waals surface area (Å²) < 4.78 is 0. The van der Waals surface area contributed by atoms with Crippen molar-refractivity contribution in [1.82, 2.24) is 9.88 Å². The van der Waals surface area contributed by atoms with Gasteiger partial charge in [-0.1, -0.05) is 0 Å². The van der Waals surface area contributed by atoms with Crippen molar-refractivity contribution in [3.8, 4) is 0 Å². The second kappa shape index (κ2) is 7.04. The number of carboxylic acids is 1. The van der Waals surface area contributed by atoms with Gasteiger partial charge in [0.05, 0.1) is 5.69 Å². The predicted octanol–water partition coefficient (Wildman–Crippen LogP) is 2.40. The number of hydrogen-bond acceptors (Lipinski definition) is 5. The number of anilines is 1. The van der Waals surface area contributed by atoms with Gasteiger partial charge in [0.1, 0.15) is 5.92 Å². The highest BCUT2D eigenvalue weighted by atomic mass is 32.1. The van der Waals surface area contributed by atoms with Crippen molar-refractivity contribution in [3.63, 3.8) is 0 Å². The summed E-state index contributed by atoms with van der Waals surface area (Å²) >= 11 is 1.62. The molecular formula is C14H23N3O2S. The number of aliphatic carboxylic acids is 1. The van der Waals surface area contributed by atoms with Gasteiger partial charge in [0.15, 0.2) is 5.13 Å². The van der Waals surface area contributed by atoms with E-state index in [1.165, 1.54) is 0 Å². The molecule has 20 heavy (non-hydrogen) atoms. The van der Waals surface area contributed by atoms with Crippen molar-refractivity contribution in [2.75, 3.05) is 32.5 Å². The fourth-order valence-electron chi connectivity index (χ4n) is 2.48. The van der Waals surface area contributed by atoms with Gasteiger partial charge in [-0.3, -0.25) is 4.79 Å². The van der Waals surface area contributed by atoms with Crippen molar-refractivity contribution < 1.29 is 9.90 Å². The number of aromatic nitrogens is 1. The monoisotopic (exact) mass is 297 g/mol. The fraction of sp³-hybridized carbons (Fsp3) is 0.714. The van der Waals surface area contributed by atoms with Crippen molar-refractivity contribution in [1.29, 1.82) is 0 Å². The highest BCUT2D eigenvalue weighted by Crippen LogP contribution is 2.36. The van der Waals surface area contributed by atoms with E-state index in [4.69, 9.17) is 0 Å². The lowest BCUT2D eigenvalue weighted by Crippen LogP contribution is -2.17. The van der Waals surface area contributed by atoms with Crippen LogP contribution in [-0.2, 0) is 11.2 Å². The van der Waals surface area contributed by atoms with Crippen LogP contribution in [0.4, 0.5) is 5.13 Å². The van der Waals surface area contributed by atoms with Crippen LogP contribution in [0, 0.1) is 0 Å². The minimum Gasteiger partial charge on any atom is -0.481 e. The van der Waals surface area contributed by atoms with Gasteiger partial charge >= 0.3 is 5.97 Å². The molecule has 0 saturated heterocycles. The lowest BCUT2D eigenvalue weighted by molar-refractivity contribution is -0.139. The molecule has 1 atom stereocenters. The summed E-state index contributed by atoms with van der Waals surface area (Å²) in [5.41, 5.74) is 0.796. The number of nitrogens with zero attached hydrogens (tertiary/aromatic N) is 2. The standard InChI is InChI=1S/C14H23N3O2S/c1-17(2)9-4-3-8-15-14-16-12-10(13(18)19)6-5-7-11(12)20-14/h10H,3-9H2,1-2H3,(H,15,16)(H,18,19). The molecule has 112 valence electrons. The Hall–Kier alpha value is -1.14. The largest absolute Gasteiger partial charge is 0.481 e. The third kappa shape index (κ3) is 3.93. The highest BCUT2D eigenvalue weighted by Gasteiger charge is 2.29. The zero-order chi connectivity index (χ0) is 14.5. The molecule has 1 aromatic heterocycles. The molecule has 0 bridgehead atoms. The predicted molar refractivity (Wildman–Crippen MR) is 81.7 cm³/mol. The Morgan fingerprint density at radius 2 is 2.30 bits per heavy atom.